The summed E-state index contributed by atoms with van der Waals surface area (Å²) in [7, 11) is 1.97. The van der Waals surface area contributed by atoms with Crippen LogP contribution in [0.15, 0.2) is 61.3 Å². The predicted molar refractivity (Wildman–Crippen MR) is 117 cm³/mol. The molecule has 2 amide bonds. The fourth-order valence-electron chi connectivity index (χ4n) is 3.25. The Bertz CT molecular complexity index is 782. The Morgan fingerprint density at radius 2 is 1.76 bits per heavy atom. The lowest BCUT2D eigenvalue weighted by Gasteiger charge is -2.27. The molecule has 1 aromatic heterocycles. The van der Waals surface area contributed by atoms with Crippen LogP contribution in [-0.2, 0) is 29.7 Å². The van der Waals surface area contributed by atoms with Gasteiger partial charge in [0.25, 0.3) is 0 Å². The summed E-state index contributed by atoms with van der Waals surface area (Å²) in [5, 5.41) is 0. The Labute approximate surface area is 174 Å². The van der Waals surface area contributed by atoms with Crippen LogP contribution < -0.4 is 0 Å². The lowest BCUT2D eigenvalue weighted by Crippen LogP contribution is -2.42. The van der Waals surface area contributed by atoms with E-state index in [4.69, 9.17) is 0 Å². The number of hydrogen-bond donors (Lipinski definition) is 0. The van der Waals surface area contributed by atoms with Crippen molar-refractivity contribution in [1.29, 1.82) is 0 Å². The van der Waals surface area contributed by atoms with Crippen molar-refractivity contribution < 1.29 is 9.59 Å². The van der Waals surface area contributed by atoms with Gasteiger partial charge in [-0.3, -0.25) is 9.59 Å². The van der Waals surface area contributed by atoms with E-state index in [2.05, 4.69) is 13.5 Å². The number of nitrogens with zero attached hydrogens (tertiary/aromatic N) is 3. The Morgan fingerprint density at radius 3 is 2.38 bits per heavy atom. The molecule has 0 saturated heterocycles. The highest BCUT2D eigenvalue weighted by Gasteiger charge is 2.21. The molecule has 0 atom stereocenters. The topological polar surface area (TPSA) is 45.6 Å². The van der Waals surface area contributed by atoms with Crippen LogP contribution in [0.3, 0.4) is 0 Å². The van der Waals surface area contributed by atoms with E-state index in [-0.39, 0.29) is 18.4 Å². The van der Waals surface area contributed by atoms with Crippen LogP contribution >= 0.6 is 0 Å². The smallest absolute Gasteiger partial charge is 0.242 e. The van der Waals surface area contributed by atoms with Gasteiger partial charge >= 0.3 is 0 Å². The number of rotatable bonds is 12. The molecular weight excluding hydrogens is 362 g/mol. The molecule has 156 valence electrons. The third-order valence-electron chi connectivity index (χ3n) is 5.00. The van der Waals surface area contributed by atoms with E-state index in [1.54, 1.807) is 11.0 Å². The maximum atomic E-state index is 13.2. The number of aromatic nitrogens is 1. The molecule has 0 unspecified atom stereocenters. The Hall–Kier alpha value is -2.82. The molecule has 0 N–H and O–H groups in total. The van der Waals surface area contributed by atoms with E-state index < -0.39 is 0 Å². The molecule has 0 fully saturated rings. The minimum Gasteiger partial charge on any atom is -0.353 e. The van der Waals surface area contributed by atoms with Gasteiger partial charge in [-0.15, -0.1) is 6.58 Å². The quantitative estimate of drug-likeness (QED) is 0.400. The van der Waals surface area contributed by atoms with Gasteiger partial charge < -0.3 is 14.4 Å². The molecule has 1 aromatic carbocycles. The number of hydrogen-bond acceptors (Lipinski definition) is 2. The second kappa shape index (κ2) is 11.9. The second-order valence-electron chi connectivity index (χ2n) is 7.37. The summed E-state index contributed by atoms with van der Waals surface area (Å²) in [5.41, 5.74) is 2.12. The Morgan fingerprint density at radius 1 is 1.00 bits per heavy atom. The van der Waals surface area contributed by atoms with E-state index in [0.717, 1.165) is 30.5 Å². The van der Waals surface area contributed by atoms with Gasteiger partial charge in [0.15, 0.2) is 0 Å². The molecule has 1 heterocycles. The van der Waals surface area contributed by atoms with Crippen LogP contribution in [0.5, 0.6) is 0 Å². The first kappa shape index (κ1) is 22.5. The van der Waals surface area contributed by atoms with Crippen molar-refractivity contribution >= 4 is 11.8 Å². The van der Waals surface area contributed by atoms with Crippen LogP contribution in [0.4, 0.5) is 0 Å². The predicted octanol–water partition coefficient (Wildman–Crippen LogP) is 4.15. The van der Waals surface area contributed by atoms with Gasteiger partial charge in [-0.1, -0.05) is 56.2 Å². The largest absolute Gasteiger partial charge is 0.353 e. The second-order valence-corrected chi connectivity index (χ2v) is 7.37. The fraction of sp³-hybridized carbons (Fsp3) is 0.417. The number of unbranched alkanes of at least 4 members (excludes halogenated alkanes) is 2. The highest BCUT2D eigenvalue weighted by molar-refractivity contribution is 5.85. The number of carbonyl (C=O) groups excluding carboxylic acids is 2. The summed E-state index contributed by atoms with van der Waals surface area (Å²) in [6.07, 6.45) is 7.08. The zero-order valence-corrected chi connectivity index (χ0v) is 17.7. The fourth-order valence-corrected chi connectivity index (χ4v) is 3.25. The molecule has 5 nitrogen and oxygen atoms in total. The summed E-state index contributed by atoms with van der Waals surface area (Å²) in [6.45, 7) is 7.34. The summed E-state index contributed by atoms with van der Waals surface area (Å²) in [4.78, 5) is 29.2. The summed E-state index contributed by atoms with van der Waals surface area (Å²) in [5.74, 6) is -0.0361. The lowest BCUT2D eigenvalue weighted by atomic mass is 10.2. The van der Waals surface area contributed by atoms with Crippen molar-refractivity contribution in [2.75, 3.05) is 13.1 Å². The molecule has 0 bridgehead atoms. The lowest BCUT2D eigenvalue weighted by molar-refractivity contribution is -0.141. The Kier molecular flexibility index (Phi) is 9.22. The zero-order chi connectivity index (χ0) is 21.1. The van der Waals surface area contributed by atoms with E-state index in [1.165, 1.54) is 0 Å². The minimum absolute atomic E-state index is 0.0187. The molecule has 0 saturated carbocycles. The summed E-state index contributed by atoms with van der Waals surface area (Å²) >= 11 is 0. The van der Waals surface area contributed by atoms with Crippen LogP contribution in [0, 0.1) is 0 Å². The minimum atomic E-state index is -0.0549. The van der Waals surface area contributed by atoms with Gasteiger partial charge in [-0.2, -0.15) is 0 Å². The monoisotopic (exact) mass is 395 g/mol. The summed E-state index contributed by atoms with van der Waals surface area (Å²) in [6, 6.07) is 13.9. The maximum Gasteiger partial charge on any atom is 0.242 e. The van der Waals surface area contributed by atoms with Gasteiger partial charge in [0.2, 0.25) is 11.8 Å². The van der Waals surface area contributed by atoms with Crippen molar-refractivity contribution in [2.45, 2.75) is 45.7 Å². The molecule has 29 heavy (non-hydrogen) atoms. The number of amides is 2. The highest BCUT2D eigenvalue weighted by atomic mass is 16.2. The van der Waals surface area contributed by atoms with Gasteiger partial charge in [0.05, 0.1) is 6.54 Å². The van der Waals surface area contributed by atoms with Crippen molar-refractivity contribution in [3.8, 4) is 0 Å². The van der Waals surface area contributed by atoms with E-state index >= 15 is 0 Å². The van der Waals surface area contributed by atoms with E-state index in [0.29, 0.717) is 26.1 Å². The van der Waals surface area contributed by atoms with Crippen LogP contribution in [0.2, 0.25) is 0 Å². The molecular formula is C24H33N3O2. The third kappa shape index (κ3) is 7.26. The van der Waals surface area contributed by atoms with Crippen LogP contribution in [0.1, 0.15) is 43.9 Å². The van der Waals surface area contributed by atoms with E-state index in [1.807, 2.05) is 65.2 Å². The number of carbonyl (C=O) groups is 2. The SMILES string of the molecule is C=CCN(CC(=O)N(Cc1ccccc1)Cc1cccn1C)C(=O)CCCCC. The maximum absolute atomic E-state index is 13.2. The highest BCUT2D eigenvalue weighted by Crippen LogP contribution is 2.12. The zero-order valence-electron chi connectivity index (χ0n) is 17.7. The standard InChI is InChI=1S/C24H33N3O2/c1-4-6-8-15-23(28)26(16-5-2)20-24(29)27(18-21-12-9-7-10-13-21)19-22-14-11-17-25(22)3/h5,7,9-14,17H,2,4,6,8,15-16,18-20H2,1,3H3. The molecule has 0 aliphatic heterocycles. The summed E-state index contributed by atoms with van der Waals surface area (Å²) < 4.78 is 2.02. The molecule has 0 radical (unpaired) electrons. The third-order valence-corrected chi connectivity index (χ3v) is 5.00. The van der Waals surface area contributed by atoms with E-state index in [9.17, 15) is 9.59 Å². The van der Waals surface area contributed by atoms with Gasteiger partial charge in [0, 0.05) is 38.4 Å². The first-order valence-electron chi connectivity index (χ1n) is 10.4. The van der Waals surface area contributed by atoms with Gasteiger partial charge in [-0.05, 0) is 24.1 Å². The molecule has 2 rings (SSSR count). The molecule has 5 heteroatoms. The number of benzene rings is 1. The van der Waals surface area contributed by atoms with Crippen LogP contribution in [0.25, 0.3) is 0 Å². The first-order chi connectivity index (χ1) is 14.0. The van der Waals surface area contributed by atoms with Gasteiger partial charge in [-0.25, -0.2) is 0 Å². The molecule has 0 aliphatic rings. The van der Waals surface area contributed by atoms with Crippen molar-refractivity contribution in [3.05, 3.63) is 72.6 Å². The average molecular weight is 396 g/mol. The van der Waals surface area contributed by atoms with Crippen LogP contribution in [-0.4, -0.2) is 39.3 Å². The number of aryl methyl sites for hydroxylation is 1. The first-order valence-corrected chi connectivity index (χ1v) is 10.4. The van der Waals surface area contributed by atoms with Crippen molar-refractivity contribution in [3.63, 3.8) is 0 Å². The average Bonchev–Trinajstić information content (AvgIpc) is 3.12. The van der Waals surface area contributed by atoms with Crippen molar-refractivity contribution in [2.24, 2.45) is 7.05 Å². The molecule has 2 aromatic rings. The van der Waals surface area contributed by atoms with Gasteiger partial charge in [0.1, 0.15) is 6.54 Å². The molecule has 0 aliphatic carbocycles. The Balaban J connectivity index is 2.12. The van der Waals surface area contributed by atoms with Crippen molar-refractivity contribution in [1.82, 2.24) is 14.4 Å². The molecule has 0 spiro atoms. The normalized spacial score (nSPS) is 10.6.